The molecule has 4 aromatic rings. The smallest absolute Gasteiger partial charge is 0.258 e. The predicted molar refractivity (Wildman–Crippen MR) is 106 cm³/mol. The predicted octanol–water partition coefficient (Wildman–Crippen LogP) is 5.41. The fraction of sp³-hybridized carbons (Fsp3) is 0.0952. The van der Waals surface area contributed by atoms with Crippen LogP contribution < -0.4 is 5.32 Å². The first-order chi connectivity index (χ1) is 13.0. The highest BCUT2D eigenvalue weighted by molar-refractivity contribution is 6.33. The largest absolute Gasteiger partial charge is 0.436 e. The molecule has 1 amide bonds. The Morgan fingerprint density at radius 1 is 1.11 bits per heavy atom. The van der Waals surface area contributed by atoms with Crippen LogP contribution >= 0.6 is 11.6 Å². The molecule has 2 aromatic heterocycles. The molecular formula is C21H16ClN3O2. The maximum absolute atomic E-state index is 12.5. The molecule has 0 atom stereocenters. The monoisotopic (exact) mass is 377 g/mol. The molecule has 0 saturated carbocycles. The van der Waals surface area contributed by atoms with E-state index in [0.29, 0.717) is 17.1 Å². The second-order valence-electron chi connectivity index (χ2n) is 6.32. The fourth-order valence-corrected chi connectivity index (χ4v) is 3.00. The van der Waals surface area contributed by atoms with Crippen molar-refractivity contribution >= 4 is 34.3 Å². The lowest BCUT2D eigenvalue weighted by Gasteiger charge is -2.10. The summed E-state index contributed by atoms with van der Waals surface area (Å²) in [5.74, 6) is 0.187. The van der Waals surface area contributed by atoms with Crippen LogP contribution in [0.15, 0.2) is 59.1 Å². The van der Waals surface area contributed by atoms with Gasteiger partial charge in [-0.2, -0.15) is 0 Å². The number of hydrogen-bond donors (Lipinski definition) is 1. The van der Waals surface area contributed by atoms with Crippen LogP contribution in [0.5, 0.6) is 0 Å². The molecule has 5 nitrogen and oxygen atoms in total. The van der Waals surface area contributed by atoms with Crippen molar-refractivity contribution in [3.05, 3.63) is 76.6 Å². The molecule has 0 radical (unpaired) electrons. The van der Waals surface area contributed by atoms with Gasteiger partial charge in [-0.05, 0) is 61.4 Å². The van der Waals surface area contributed by atoms with Crippen molar-refractivity contribution in [1.29, 1.82) is 0 Å². The van der Waals surface area contributed by atoms with Crippen molar-refractivity contribution in [3.63, 3.8) is 0 Å². The summed E-state index contributed by atoms with van der Waals surface area (Å²) in [5, 5.41) is 3.05. The van der Waals surface area contributed by atoms with E-state index in [2.05, 4.69) is 15.3 Å². The number of halogens is 1. The molecule has 0 bridgehead atoms. The summed E-state index contributed by atoms with van der Waals surface area (Å²) in [6.45, 7) is 3.92. The third kappa shape index (κ3) is 3.41. The highest BCUT2D eigenvalue weighted by Crippen LogP contribution is 2.29. The number of nitrogens with one attached hydrogen (secondary N) is 1. The molecule has 0 fully saturated rings. The number of rotatable bonds is 3. The van der Waals surface area contributed by atoms with Gasteiger partial charge in [0.15, 0.2) is 5.58 Å². The van der Waals surface area contributed by atoms with E-state index in [4.69, 9.17) is 16.0 Å². The number of oxazole rings is 1. The van der Waals surface area contributed by atoms with E-state index in [1.165, 1.54) is 0 Å². The summed E-state index contributed by atoms with van der Waals surface area (Å²) in [5.41, 5.74) is 5.32. The number of hydrogen-bond acceptors (Lipinski definition) is 4. The van der Waals surface area contributed by atoms with Crippen LogP contribution in [0.25, 0.3) is 22.6 Å². The molecule has 1 N–H and O–H groups in total. The first-order valence-corrected chi connectivity index (χ1v) is 8.79. The summed E-state index contributed by atoms with van der Waals surface area (Å²) in [6, 6.07) is 14.8. The molecule has 0 spiro atoms. The van der Waals surface area contributed by atoms with E-state index in [9.17, 15) is 4.79 Å². The number of carbonyl (C=O) groups is 1. The average Bonchev–Trinajstić information content (AvgIpc) is 3.07. The summed E-state index contributed by atoms with van der Waals surface area (Å²) in [4.78, 5) is 21.0. The number of carbonyl (C=O) groups excluding carboxylic acids is 1. The van der Waals surface area contributed by atoms with Gasteiger partial charge in [-0.1, -0.05) is 23.7 Å². The lowest BCUT2D eigenvalue weighted by atomic mass is 10.1. The number of aryl methyl sites for hydroxylation is 2. The number of anilines is 1. The van der Waals surface area contributed by atoms with E-state index >= 15 is 0 Å². The van der Waals surface area contributed by atoms with E-state index in [0.717, 1.165) is 27.8 Å². The van der Waals surface area contributed by atoms with Crippen molar-refractivity contribution in [2.45, 2.75) is 13.8 Å². The number of fused-ring (bicyclic) bond motifs is 1. The number of nitrogens with zero attached hydrogens (tertiary/aromatic N) is 2. The van der Waals surface area contributed by atoms with Gasteiger partial charge in [-0.3, -0.25) is 4.79 Å². The fourth-order valence-electron chi connectivity index (χ4n) is 2.79. The zero-order valence-electron chi connectivity index (χ0n) is 14.8. The summed E-state index contributed by atoms with van der Waals surface area (Å²) >= 11 is 6.01. The molecule has 0 aliphatic carbocycles. The second kappa shape index (κ2) is 6.85. The minimum absolute atomic E-state index is 0.165. The molecule has 0 aliphatic heterocycles. The first kappa shape index (κ1) is 17.2. The van der Waals surface area contributed by atoms with Crippen LogP contribution in [-0.4, -0.2) is 15.9 Å². The van der Waals surface area contributed by atoms with Gasteiger partial charge in [0.05, 0.1) is 5.56 Å². The van der Waals surface area contributed by atoms with Crippen LogP contribution in [0, 0.1) is 13.8 Å². The normalized spacial score (nSPS) is 10.9. The molecule has 2 heterocycles. The van der Waals surface area contributed by atoms with Gasteiger partial charge in [0.1, 0.15) is 10.7 Å². The zero-order valence-corrected chi connectivity index (χ0v) is 15.5. The Hall–Kier alpha value is -3.18. The molecule has 134 valence electrons. The first-order valence-electron chi connectivity index (χ1n) is 8.41. The van der Waals surface area contributed by atoms with Crippen LogP contribution in [0.2, 0.25) is 5.15 Å². The highest BCUT2D eigenvalue weighted by Gasteiger charge is 2.14. The minimum atomic E-state index is -0.318. The van der Waals surface area contributed by atoms with E-state index < -0.39 is 0 Å². The summed E-state index contributed by atoms with van der Waals surface area (Å²) in [6.07, 6.45) is 1.54. The standard InChI is InChI=1S/C21H16ClN3O2/c1-12-5-8-16-18(10-12)27-21(25-16)14-7-6-13(2)17(11-14)24-20(26)15-4-3-9-23-19(15)22/h3-11H,1-2H3,(H,24,26). The molecular weight excluding hydrogens is 362 g/mol. The molecule has 6 heteroatoms. The van der Waals surface area contributed by atoms with Gasteiger partial charge in [0.2, 0.25) is 5.89 Å². The second-order valence-corrected chi connectivity index (χ2v) is 6.67. The minimum Gasteiger partial charge on any atom is -0.436 e. The maximum Gasteiger partial charge on any atom is 0.258 e. The SMILES string of the molecule is Cc1ccc2nc(-c3ccc(C)c(NC(=O)c4cccnc4Cl)c3)oc2c1. The molecule has 27 heavy (non-hydrogen) atoms. The van der Waals surface area contributed by atoms with E-state index in [1.54, 1.807) is 18.3 Å². The molecule has 4 rings (SSSR count). The number of amides is 1. The van der Waals surface area contributed by atoms with Crippen LogP contribution in [0.4, 0.5) is 5.69 Å². The average molecular weight is 378 g/mol. The van der Waals surface area contributed by atoms with Crippen LogP contribution in [0.1, 0.15) is 21.5 Å². The van der Waals surface area contributed by atoms with Crippen molar-refractivity contribution in [2.75, 3.05) is 5.32 Å². The quantitative estimate of drug-likeness (QED) is 0.484. The third-order valence-corrected chi connectivity index (χ3v) is 4.58. The number of pyridine rings is 1. The molecule has 0 unspecified atom stereocenters. The van der Waals surface area contributed by atoms with Gasteiger partial charge in [-0.15, -0.1) is 0 Å². The molecule has 0 aliphatic rings. The maximum atomic E-state index is 12.5. The van der Waals surface area contributed by atoms with Gasteiger partial charge < -0.3 is 9.73 Å². The van der Waals surface area contributed by atoms with Crippen molar-refractivity contribution in [2.24, 2.45) is 0 Å². The Labute approximate surface area is 161 Å². The Balaban J connectivity index is 1.68. The van der Waals surface area contributed by atoms with Gasteiger partial charge >= 0.3 is 0 Å². The number of benzene rings is 2. The summed E-state index contributed by atoms with van der Waals surface area (Å²) in [7, 11) is 0. The number of aromatic nitrogens is 2. The molecule has 0 saturated heterocycles. The lowest BCUT2D eigenvalue weighted by molar-refractivity contribution is 0.102. The Bertz CT molecular complexity index is 1170. The van der Waals surface area contributed by atoms with Crippen LogP contribution in [0.3, 0.4) is 0 Å². The van der Waals surface area contributed by atoms with E-state index in [-0.39, 0.29) is 11.1 Å². The van der Waals surface area contributed by atoms with Crippen molar-refractivity contribution in [3.8, 4) is 11.5 Å². The van der Waals surface area contributed by atoms with Crippen LogP contribution in [-0.2, 0) is 0 Å². The van der Waals surface area contributed by atoms with Crippen molar-refractivity contribution < 1.29 is 9.21 Å². The van der Waals surface area contributed by atoms with Crippen molar-refractivity contribution in [1.82, 2.24) is 9.97 Å². The zero-order chi connectivity index (χ0) is 19.0. The Morgan fingerprint density at radius 3 is 2.78 bits per heavy atom. The highest BCUT2D eigenvalue weighted by atomic mass is 35.5. The Kier molecular flexibility index (Phi) is 4.38. The van der Waals surface area contributed by atoms with E-state index in [1.807, 2.05) is 50.2 Å². The van der Waals surface area contributed by atoms with Gasteiger partial charge in [0.25, 0.3) is 5.91 Å². The summed E-state index contributed by atoms with van der Waals surface area (Å²) < 4.78 is 5.88. The molecule has 2 aromatic carbocycles. The topological polar surface area (TPSA) is 68.0 Å². The third-order valence-electron chi connectivity index (χ3n) is 4.28. The Morgan fingerprint density at radius 2 is 1.96 bits per heavy atom. The van der Waals surface area contributed by atoms with Gasteiger partial charge in [0, 0.05) is 17.4 Å². The van der Waals surface area contributed by atoms with Gasteiger partial charge in [-0.25, -0.2) is 9.97 Å². The lowest BCUT2D eigenvalue weighted by Crippen LogP contribution is -2.13.